The zero-order valence-electron chi connectivity index (χ0n) is 12.3. The van der Waals surface area contributed by atoms with E-state index in [9.17, 15) is 0 Å². The summed E-state index contributed by atoms with van der Waals surface area (Å²) in [5, 5.41) is 2.48. The Hall–Kier alpha value is -2.41. The second-order valence-corrected chi connectivity index (χ2v) is 4.69. The molecule has 4 rings (SSSR count). The third kappa shape index (κ3) is 5.07. The minimum absolute atomic E-state index is 0. The van der Waals surface area contributed by atoms with Gasteiger partial charge in [0.2, 0.25) is 0 Å². The Morgan fingerprint density at radius 3 is 2.22 bits per heavy atom. The van der Waals surface area contributed by atoms with Crippen LogP contribution < -0.4 is 0 Å². The SMILES string of the molecule is C(=Nc1ccc2ccccc2c1)[c-]1cccc1.[Fe].[c-]1[c-][c-][cH-][c-]1. The normalized spacial score (nSPS) is 10.1. The molecule has 4 aromatic rings. The molecule has 1 nitrogen and oxygen atoms in total. The van der Waals surface area contributed by atoms with Crippen molar-refractivity contribution < 1.29 is 17.1 Å². The fourth-order valence-corrected chi connectivity index (χ4v) is 2.06. The molecule has 0 aliphatic rings. The van der Waals surface area contributed by atoms with Crippen molar-refractivity contribution in [2.45, 2.75) is 0 Å². The Morgan fingerprint density at radius 2 is 1.57 bits per heavy atom. The van der Waals surface area contributed by atoms with E-state index in [2.05, 4.69) is 59.6 Å². The van der Waals surface area contributed by atoms with E-state index < -0.39 is 0 Å². The van der Waals surface area contributed by atoms with Crippen LogP contribution in [0.25, 0.3) is 10.8 Å². The van der Waals surface area contributed by atoms with Gasteiger partial charge in [-0.2, -0.15) is 12.1 Å². The predicted octanol–water partition coefficient (Wildman–Crippen LogP) is 4.91. The van der Waals surface area contributed by atoms with Crippen LogP contribution in [0.5, 0.6) is 0 Å². The number of rotatable bonds is 2. The second kappa shape index (κ2) is 8.89. The van der Waals surface area contributed by atoms with E-state index in [1.165, 1.54) is 10.8 Å². The summed E-state index contributed by atoms with van der Waals surface area (Å²) in [7, 11) is 0. The number of fused-ring (bicyclic) bond motifs is 1. The number of nitrogens with zero attached hydrogens (tertiary/aromatic N) is 1. The zero-order chi connectivity index (χ0) is 15.0. The van der Waals surface area contributed by atoms with Crippen molar-refractivity contribution >= 4 is 22.7 Å². The summed E-state index contributed by atoms with van der Waals surface area (Å²) >= 11 is 0. The van der Waals surface area contributed by atoms with E-state index >= 15 is 0 Å². The van der Waals surface area contributed by atoms with Crippen LogP contribution in [0, 0.1) is 24.3 Å². The fraction of sp³-hybridized carbons (Fsp3) is 0. The maximum absolute atomic E-state index is 4.47. The smallest absolute Gasteiger partial charge is 0.0623 e. The summed E-state index contributed by atoms with van der Waals surface area (Å²) in [5.74, 6) is 0. The molecule has 0 atom stereocenters. The van der Waals surface area contributed by atoms with Crippen LogP contribution in [0.1, 0.15) is 5.56 Å². The molecule has 0 saturated heterocycles. The van der Waals surface area contributed by atoms with Gasteiger partial charge in [-0.25, -0.2) is 12.1 Å². The van der Waals surface area contributed by atoms with Crippen LogP contribution in [0.2, 0.25) is 0 Å². The second-order valence-electron chi connectivity index (χ2n) is 4.69. The minimum atomic E-state index is 0. The maximum Gasteiger partial charge on any atom is 0.0623 e. The molecular weight excluding hydrogens is 322 g/mol. The van der Waals surface area contributed by atoms with Crippen LogP contribution >= 0.6 is 0 Å². The largest absolute Gasteiger partial charge is 0.999 e. The Bertz CT molecular complexity index is 810. The summed E-state index contributed by atoms with van der Waals surface area (Å²) in [5.41, 5.74) is 2.13. The van der Waals surface area contributed by atoms with Crippen molar-refractivity contribution in [3.05, 3.63) is 103 Å². The first kappa shape index (κ1) is 17.0. The molecule has 0 unspecified atom stereocenters. The summed E-state index contributed by atoms with van der Waals surface area (Å²) in [4.78, 5) is 4.47. The molecule has 0 radical (unpaired) electrons. The van der Waals surface area contributed by atoms with Gasteiger partial charge in [-0.05, 0) is 29.1 Å². The molecule has 0 heterocycles. The Kier molecular flexibility index (Phi) is 6.55. The maximum atomic E-state index is 4.47. The third-order valence-electron chi connectivity index (χ3n) is 3.14. The molecule has 0 bridgehead atoms. The van der Waals surface area contributed by atoms with Gasteiger partial charge in [0.15, 0.2) is 0 Å². The summed E-state index contributed by atoms with van der Waals surface area (Å²) in [6.45, 7) is 0. The van der Waals surface area contributed by atoms with E-state index in [4.69, 9.17) is 0 Å². The van der Waals surface area contributed by atoms with E-state index in [0.717, 1.165) is 11.3 Å². The summed E-state index contributed by atoms with van der Waals surface area (Å²) < 4.78 is 0. The number of benzene rings is 2. The first-order chi connectivity index (χ1) is 10.9. The van der Waals surface area contributed by atoms with Crippen molar-refractivity contribution in [2.75, 3.05) is 0 Å². The molecule has 23 heavy (non-hydrogen) atoms. The van der Waals surface area contributed by atoms with Crippen LogP contribution in [0.4, 0.5) is 5.69 Å². The molecule has 0 aromatic heterocycles. The number of aliphatic imine (C=N–C) groups is 1. The van der Waals surface area contributed by atoms with Crippen molar-refractivity contribution in [3.63, 3.8) is 0 Å². The molecule has 0 N–H and O–H groups in total. The Labute approximate surface area is 147 Å². The number of hydrogen-bond acceptors (Lipinski definition) is 1. The van der Waals surface area contributed by atoms with Gasteiger partial charge in [0.1, 0.15) is 0 Å². The molecule has 0 spiro atoms. The van der Waals surface area contributed by atoms with Gasteiger partial charge in [-0.15, -0.1) is 5.56 Å². The predicted molar refractivity (Wildman–Crippen MR) is 90.6 cm³/mol. The number of hydrogen-bond donors (Lipinski definition) is 0. The molecule has 0 saturated carbocycles. The van der Waals surface area contributed by atoms with Gasteiger partial charge in [0.25, 0.3) is 0 Å². The molecule has 4 aromatic carbocycles. The standard InChI is InChI=1S/C16H12N.C5H.Fe/c1-2-6-13(5-1)12-17-16-10-9-14-7-3-4-8-15(14)11-16;1-2-4-5-3-1;/h1-12H;1H;/q-1;-5;. The van der Waals surface area contributed by atoms with Gasteiger partial charge in [0, 0.05) is 17.1 Å². The average molecular weight is 335 g/mol. The van der Waals surface area contributed by atoms with E-state index in [-0.39, 0.29) is 17.1 Å². The molecule has 0 aliphatic heterocycles. The van der Waals surface area contributed by atoms with Crippen LogP contribution in [0.15, 0.2) is 77.8 Å². The van der Waals surface area contributed by atoms with E-state index in [0.29, 0.717) is 0 Å². The van der Waals surface area contributed by atoms with Gasteiger partial charge in [0.05, 0.1) is 5.69 Å². The molecule has 2 heteroatoms. The van der Waals surface area contributed by atoms with E-state index in [1.807, 2.05) is 42.6 Å². The van der Waals surface area contributed by atoms with Crippen molar-refractivity contribution in [1.29, 1.82) is 0 Å². The molecular formula is C21H13FeN-6. The topological polar surface area (TPSA) is 12.4 Å². The quantitative estimate of drug-likeness (QED) is 0.280. The summed E-state index contributed by atoms with van der Waals surface area (Å²) in [6, 6.07) is 34.7. The van der Waals surface area contributed by atoms with Gasteiger partial charge in [-0.3, -0.25) is 4.99 Å². The van der Waals surface area contributed by atoms with Crippen LogP contribution in [-0.2, 0) is 17.1 Å². The zero-order valence-corrected chi connectivity index (χ0v) is 13.4. The average Bonchev–Trinajstić information content (AvgIpc) is 3.28. The van der Waals surface area contributed by atoms with Crippen molar-refractivity contribution in [1.82, 2.24) is 0 Å². The van der Waals surface area contributed by atoms with Gasteiger partial charge < -0.3 is 30.3 Å². The van der Waals surface area contributed by atoms with Crippen molar-refractivity contribution in [2.24, 2.45) is 4.99 Å². The van der Waals surface area contributed by atoms with Gasteiger partial charge in [-0.1, -0.05) is 30.3 Å². The van der Waals surface area contributed by atoms with Crippen molar-refractivity contribution in [3.8, 4) is 0 Å². The van der Waals surface area contributed by atoms with Crippen LogP contribution in [-0.4, -0.2) is 6.21 Å². The monoisotopic (exact) mass is 335 g/mol. The molecule has 116 valence electrons. The first-order valence-electron chi connectivity index (χ1n) is 6.99. The molecule has 0 amide bonds. The summed E-state index contributed by atoms with van der Waals surface area (Å²) in [6.07, 6.45) is 1.89. The van der Waals surface area contributed by atoms with E-state index in [1.54, 1.807) is 6.07 Å². The van der Waals surface area contributed by atoms with Gasteiger partial charge >= 0.3 is 0 Å². The van der Waals surface area contributed by atoms with Crippen LogP contribution in [0.3, 0.4) is 0 Å². The molecule has 0 fully saturated rings. The molecule has 0 aliphatic carbocycles. The Morgan fingerprint density at radius 1 is 0.870 bits per heavy atom. The fourth-order valence-electron chi connectivity index (χ4n) is 2.06. The Balaban J connectivity index is 0.000000276. The minimum Gasteiger partial charge on any atom is -0.999 e. The first-order valence-corrected chi connectivity index (χ1v) is 6.99. The third-order valence-corrected chi connectivity index (χ3v) is 3.14.